The molecule has 2 aromatic rings. The Kier molecular flexibility index (Phi) is 9.41. The lowest BCUT2D eigenvalue weighted by molar-refractivity contribution is -0.147. The van der Waals surface area contributed by atoms with Gasteiger partial charge in [-0.3, -0.25) is 19.1 Å². The summed E-state index contributed by atoms with van der Waals surface area (Å²) in [7, 11) is -1.59. The van der Waals surface area contributed by atoms with E-state index in [4.69, 9.17) is 18.5 Å². The minimum absolute atomic E-state index is 0.0381. The lowest BCUT2D eigenvalue weighted by Crippen LogP contribution is -2.33. The van der Waals surface area contributed by atoms with Crippen LogP contribution in [-0.4, -0.2) is 40.4 Å². The van der Waals surface area contributed by atoms with Crippen LogP contribution in [0.25, 0.3) is 0 Å². The Morgan fingerprint density at radius 1 is 1.24 bits per heavy atom. The summed E-state index contributed by atoms with van der Waals surface area (Å²) in [6, 6.07) is 10.3. The van der Waals surface area contributed by atoms with Crippen molar-refractivity contribution in [3.8, 4) is 5.75 Å². The summed E-state index contributed by atoms with van der Waals surface area (Å²) in [5.41, 5.74) is -0.961. The van der Waals surface area contributed by atoms with Crippen molar-refractivity contribution in [2.24, 2.45) is 5.92 Å². The number of carbonyl (C=O) groups excluding carboxylic acids is 1. The van der Waals surface area contributed by atoms with Crippen LogP contribution in [0.4, 0.5) is 0 Å². The molecule has 0 saturated carbocycles. The Morgan fingerprint density at radius 3 is 2.65 bits per heavy atom. The molecule has 186 valence electrons. The Balaban J connectivity index is 1.61. The molecule has 1 fully saturated rings. The molecule has 1 aromatic carbocycles. The van der Waals surface area contributed by atoms with Gasteiger partial charge in [-0.1, -0.05) is 25.1 Å². The van der Waals surface area contributed by atoms with Crippen molar-refractivity contribution < 1.29 is 23.3 Å². The highest BCUT2D eigenvalue weighted by Crippen LogP contribution is 2.39. The summed E-state index contributed by atoms with van der Waals surface area (Å²) < 4.78 is 24.7. The highest BCUT2D eigenvalue weighted by molar-refractivity contribution is 7.45. The van der Waals surface area contributed by atoms with E-state index < -0.39 is 26.0 Å². The molecule has 2 N–H and O–H groups in total. The summed E-state index contributed by atoms with van der Waals surface area (Å²) in [5.74, 6) is 0.374. The van der Waals surface area contributed by atoms with Gasteiger partial charge in [0, 0.05) is 24.2 Å². The third-order valence-corrected chi connectivity index (χ3v) is 6.47. The van der Waals surface area contributed by atoms with E-state index in [0.717, 1.165) is 0 Å². The van der Waals surface area contributed by atoms with Crippen molar-refractivity contribution in [1.29, 1.82) is 0 Å². The van der Waals surface area contributed by atoms with Crippen molar-refractivity contribution >= 4 is 14.5 Å². The Bertz CT molecular complexity index is 1040. The van der Waals surface area contributed by atoms with Gasteiger partial charge in [-0.25, -0.2) is 9.88 Å². The smallest absolute Gasteiger partial charge is 0.330 e. The van der Waals surface area contributed by atoms with Crippen LogP contribution < -0.4 is 20.9 Å². The summed E-state index contributed by atoms with van der Waals surface area (Å²) in [5, 5.41) is 3.23. The molecule has 10 nitrogen and oxygen atoms in total. The molecular formula is C23H32N3O7P. The number of esters is 1. The molecule has 1 aliphatic heterocycles. The molecule has 0 bridgehead atoms. The SMILES string of the molecule is CC(CC(=O)OC(C)C)NP(OCC1CC(C)C(n2ccc(=O)[nH]c2=O)O1)Oc1ccccc1. The Hall–Kier alpha value is -2.52. The predicted octanol–water partition coefficient (Wildman–Crippen LogP) is 3.10. The van der Waals surface area contributed by atoms with Crippen LogP contribution in [0.3, 0.4) is 0 Å². The van der Waals surface area contributed by atoms with Crippen LogP contribution >= 0.6 is 8.53 Å². The maximum atomic E-state index is 12.2. The van der Waals surface area contributed by atoms with Crippen LogP contribution in [0.5, 0.6) is 5.75 Å². The van der Waals surface area contributed by atoms with Gasteiger partial charge < -0.3 is 18.5 Å². The second-order valence-corrected chi connectivity index (χ2v) is 9.82. The molecule has 34 heavy (non-hydrogen) atoms. The first-order valence-electron chi connectivity index (χ1n) is 11.3. The number of aromatic nitrogens is 2. The molecule has 1 aromatic heterocycles. The van der Waals surface area contributed by atoms with Crippen molar-refractivity contribution in [3.63, 3.8) is 0 Å². The number of hydrogen-bond acceptors (Lipinski definition) is 8. The van der Waals surface area contributed by atoms with Crippen LogP contribution in [0.2, 0.25) is 0 Å². The minimum Gasteiger partial charge on any atom is -0.463 e. The van der Waals surface area contributed by atoms with Gasteiger partial charge in [0.2, 0.25) is 0 Å². The van der Waals surface area contributed by atoms with E-state index in [1.807, 2.05) is 58.0 Å². The topological polar surface area (TPSA) is 121 Å². The zero-order valence-corrected chi connectivity index (χ0v) is 20.7. The van der Waals surface area contributed by atoms with E-state index in [9.17, 15) is 14.4 Å². The van der Waals surface area contributed by atoms with Crippen molar-refractivity contribution in [2.75, 3.05) is 6.61 Å². The number of rotatable bonds is 11. The molecule has 0 spiro atoms. The first-order valence-corrected chi connectivity index (χ1v) is 12.5. The first kappa shape index (κ1) is 26.1. The van der Waals surface area contributed by atoms with E-state index in [1.54, 1.807) is 0 Å². The second-order valence-electron chi connectivity index (χ2n) is 8.61. The number of ether oxygens (including phenoxy) is 2. The van der Waals surface area contributed by atoms with Crippen LogP contribution in [0, 0.1) is 5.92 Å². The average molecular weight is 493 g/mol. The monoisotopic (exact) mass is 493 g/mol. The normalized spacial score (nSPS) is 21.9. The molecule has 5 atom stereocenters. The fourth-order valence-corrected chi connectivity index (χ4v) is 4.84. The molecule has 0 radical (unpaired) electrons. The van der Waals surface area contributed by atoms with Crippen molar-refractivity contribution in [2.45, 2.75) is 65.0 Å². The van der Waals surface area contributed by atoms with E-state index in [0.29, 0.717) is 12.2 Å². The second kappa shape index (κ2) is 12.3. The molecule has 1 saturated heterocycles. The summed E-state index contributed by atoms with van der Waals surface area (Å²) in [6.07, 6.45) is 1.33. The largest absolute Gasteiger partial charge is 0.463 e. The number of H-pyrrole nitrogens is 1. The fourth-order valence-electron chi connectivity index (χ4n) is 3.60. The Morgan fingerprint density at radius 2 is 1.97 bits per heavy atom. The molecular weight excluding hydrogens is 461 g/mol. The molecule has 3 rings (SSSR count). The van der Waals surface area contributed by atoms with Crippen LogP contribution in [0.1, 0.15) is 46.8 Å². The zero-order valence-electron chi connectivity index (χ0n) is 19.8. The van der Waals surface area contributed by atoms with Crippen molar-refractivity contribution in [1.82, 2.24) is 14.6 Å². The van der Waals surface area contributed by atoms with Crippen molar-refractivity contribution in [3.05, 3.63) is 63.4 Å². The number of benzene rings is 1. The third-order valence-electron chi connectivity index (χ3n) is 5.05. The first-order chi connectivity index (χ1) is 16.2. The van der Waals surface area contributed by atoms with Gasteiger partial charge in [-0.05, 0) is 39.3 Å². The number of aromatic amines is 1. The van der Waals surface area contributed by atoms with Gasteiger partial charge in [0.25, 0.3) is 5.56 Å². The van der Waals surface area contributed by atoms with Gasteiger partial charge in [-0.2, -0.15) is 0 Å². The average Bonchev–Trinajstić information content (AvgIpc) is 3.12. The Labute approximate surface area is 199 Å². The lowest BCUT2D eigenvalue weighted by Gasteiger charge is -2.24. The highest BCUT2D eigenvalue weighted by atomic mass is 31.2. The van der Waals surface area contributed by atoms with Gasteiger partial charge >= 0.3 is 20.2 Å². The number of nitrogens with zero attached hydrogens (tertiary/aromatic N) is 1. The lowest BCUT2D eigenvalue weighted by atomic mass is 10.1. The minimum atomic E-state index is -1.59. The van der Waals surface area contributed by atoms with Gasteiger partial charge in [-0.15, -0.1) is 0 Å². The van der Waals surface area contributed by atoms with E-state index in [-0.39, 0.29) is 43.2 Å². The number of nitrogens with one attached hydrogen (secondary N) is 2. The van der Waals surface area contributed by atoms with Crippen LogP contribution in [0.15, 0.2) is 52.2 Å². The number of carbonyl (C=O) groups is 1. The quantitative estimate of drug-likeness (QED) is 0.362. The number of hydrogen-bond donors (Lipinski definition) is 2. The van der Waals surface area contributed by atoms with E-state index >= 15 is 0 Å². The summed E-state index contributed by atoms with van der Waals surface area (Å²) in [4.78, 5) is 37.8. The number of para-hydroxylation sites is 1. The molecule has 0 aliphatic carbocycles. The summed E-state index contributed by atoms with van der Waals surface area (Å²) >= 11 is 0. The predicted molar refractivity (Wildman–Crippen MR) is 127 cm³/mol. The maximum absolute atomic E-state index is 12.2. The molecule has 2 heterocycles. The summed E-state index contributed by atoms with van der Waals surface area (Å²) in [6.45, 7) is 7.68. The van der Waals surface area contributed by atoms with Gasteiger partial charge in [0.15, 0.2) is 0 Å². The molecule has 11 heteroatoms. The van der Waals surface area contributed by atoms with Gasteiger partial charge in [0.1, 0.15) is 12.0 Å². The van der Waals surface area contributed by atoms with E-state index in [2.05, 4.69) is 10.1 Å². The molecule has 5 unspecified atom stereocenters. The third kappa shape index (κ3) is 7.77. The van der Waals surface area contributed by atoms with Crippen LogP contribution in [-0.2, 0) is 18.8 Å². The zero-order chi connectivity index (χ0) is 24.7. The molecule has 0 amide bonds. The van der Waals surface area contributed by atoms with E-state index in [1.165, 1.54) is 16.8 Å². The molecule has 1 aliphatic rings. The standard InChI is InChI=1S/C23H32N3O7P/c1-15(2)31-21(28)13-17(4)25-34(33-18-8-6-5-7-9-18)30-14-19-12-16(3)22(32-19)26-11-10-20(27)24-23(26)29/h5-11,15-17,19,22,25H,12-14H2,1-4H3,(H,24,27,29). The maximum Gasteiger partial charge on any atom is 0.330 e. The highest BCUT2D eigenvalue weighted by Gasteiger charge is 2.35. The van der Waals surface area contributed by atoms with Gasteiger partial charge in [0.05, 0.1) is 25.2 Å². The fraction of sp³-hybridized carbons (Fsp3) is 0.522.